The van der Waals surface area contributed by atoms with E-state index in [1.807, 2.05) is 57.2 Å². The van der Waals surface area contributed by atoms with Crippen molar-refractivity contribution in [2.24, 2.45) is 5.92 Å². The topological polar surface area (TPSA) is 94.3 Å². The Balaban J connectivity index is 1.62. The molecule has 7 heteroatoms. The predicted molar refractivity (Wildman–Crippen MR) is 116 cm³/mol. The van der Waals surface area contributed by atoms with E-state index in [1.165, 1.54) is 5.56 Å². The van der Waals surface area contributed by atoms with Crippen LogP contribution < -0.4 is 5.32 Å². The van der Waals surface area contributed by atoms with Gasteiger partial charge in [0.15, 0.2) is 6.61 Å². The number of rotatable bonds is 8. The van der Waals surface area contributed by atoms with Gasteiger partial charge in [-0.3, -0.25) is 4.79 Å². The Kier molecular flexibility index (Phi) is 7.18. The summed E-state index contributed by atoms with van der Waals surface area (Å²) in [5.41, 5.74) is 3.40. The highest BCUT2D eigenvalue weighted by Gasteiger charge is 2.27. The number of carbonyl (C=O) groups excluding carboxylic acids is 2. The maximum atomic E-state index is 12.6. The molecule has 0 aliphatic rings. The minimum Gasteiger partial charge on any atom is -0.454 e. The van der Waals surface area contributed by atoms with Crippen LogP contribution in [0.5, 0.6) is 0 Å². The molecule has 7 nitrogen and oxygen atoms in total. The van der Waals surface area contributed by atoms with Gasteiger partial charge in [-0.2, -0.15) is 4.98 Å². The molecule has 1 N–H and O–H groups in total. The number of aryl methyl sites for hydroxylation is 2. The van der Waals surface area contributed by atoms with Gasteiger partial charge in [-0.25, -0.2) is 4.79 Å². The molecule has 2 aromatic carbocycles. The van der Waals surface area contributed by atoms with Crippen molar-refractivity contribution in [3.8, 4) is 11.4 Å². The summed E-state index contributed by atoms with van der Waals surface area (Å²) in [5.74, 6) is -0.401. The molecule has 1 amide bonds. The highest BCUT2D eigenvalue weighted by molar-refractivity contribution is 5.98. The van der Waals surface area contributed by atoms with E-state index in [0.29, 0.717) is 11.4 Å². The molecule has 0 aliphatic heterocycles. The molecule has 3 aromatic rings. The summed E-state index contributed by atoms with van der Waals surface area (Å²) in [4.78, 5) is 29.5. The molecule has 1 atom stereocenters. The van der Waals surface area contributed by atoms with Crippen LogP contribution in [0.2, 0.25) is 0 Å². The molecular weight excluding hydrogens is 394 g/mol. The van der Waals surface area contributed by atoms with Crippen molar-refractivity contribution in [3.63, 3.8) is 0 Å². The third-order valence-electron chi connectivity index (χ3n) is 5.02. The second-order valence-electron chi connectivity index (χ2n) is 7.68. The lowest BCUT2D eigenvalue weighted by Crippen LogP contribution is -2.45. The van der Waals surface area contributed by atoms with Crippen LogP contribution in [0.4, 0.5) is 0 Å². The first-order chi connectivity index (χ1) is 14.9. The SMILES string of the molecule is CCc1ccc(-c2noc(COC(=O)[C@@H](NC(=O)c3ccccc3C)C(C)C)n2)cc1. The number of carbonyl (C=O) groups is 2. The quantitative estimate of drug-likeness (QED) is 0.550. The van der Waals surface area contributed by atoms with E-state index in [4.69, 9.17) is 9.26 Å². The van der Waals surface area contributed by atoms with Crippen LogP contribution >= 0.6 is 0 Å². The molecule has 0 bridgehead atoms. The zero-order valence-corrected chi connectivity index (χ0v) is 18.2. The Labute approximate surface area is 181 Å². The molecule has 0 saturated carbocycles. The smallest absolute Gasteiger partial charge is 0.329 e. The second-order valence-corrected chi connectivity index (χ2v) is 7.68. The van der Waals surface area contributed by atoms with Crippen LogP contribution in [0.25, 0.3) is 11.4 Å². The maximum absolute atomic E-state index is 12.6. The number of benzene rings is 2. The fraction of sp³-hybridized carbons (Fsp3) is 0.333. The maximum Gasteiger partial charge on any atom is 0.329 e. The van der Waals surface area contributed by atoms with Gasteiger partial charge in [-0.1, -0.05) is 68.4 Å². The molecule has 0 spiro atoms. The summed E-state index contributed by atoms with van der Waals surface area (Å²) in [6.07, 6.45) is 0.950. The van der Waals surface area contributed by atoms with E-state index in [2.05, 4.69) is 22.4 Å². The summed E-state index contributed by atoms with van der Waals surface area (Å²) in [5, 5.41) is 6.72. The number of hydrogen-bond acceptors (Lipinski definition) is 6. The minimum atomic E-state index is -0.795. The van der Waals surface area contributed by atoms with Crippen LogP contribution in [0.15, 0.2) is 53.1 Å². The van der Waals surface area contributed by atoms with Crippen molar-refractivity contribution < 1.29 is 18.8 Å². The van der Waals surface area contributed by atoms with Gasteiger partial charge in [0, 0.05) is 11.1 Å². The highest BCUT2D eigenvalue weighted by Crippen LogP contribution is 2.17. The van der Waals surface area contributed by atoms with Crippen LogP contribution in [0.3, 0.4) is 0 Å². The van der Waals surface area contributed by atoms with E-state index in [9.17, 15) is 9.59 Å². The summed E-state index contributed by atoms with van der Waals surface area (Å²) in [6, 6.07) is 14.3. The number of nitrogens with one attached hydrogen (secondary N) is 1. The van der Waals surface area contributed by atoms with Gasteiger partial charge in [0.1, 0.15) is 6.04 Å². The van der Waals surface area contributed by atoms with Crippen LogP contribution in [0.1, 0.15) is 48.1 Å². The Morgan fingerprint density at radius 3 is 2.45 bits per heavy atom. The van der Waals surface area contributed by atoms with Crippen molar-refractivity contribution >= 4 is 11.9 Å². The summed E-state index contributed by atoms with van der Waals surface area (Å²) < 4.78 is 10.6. The summed E-state index contributed by atoms with van der Waals surface area (Å²) in [6.45, 7) is 7.45. The molecule has 1 aromatic heterocycles. The van der Waals surface area contributed by atoms with E-state index < -0.39 is 12.0 Å². The molecule has 0 aliphatic carbocycles. The van der Waals surface area contributed by atoms with Gasteiger partial charge in [0.2, 0.25) is 5.82 Å². The summed E-state index contributed by atoms with van der Waals surface area (Å²) >= 11 is 0. The van der Waals surface area contributed by atoms with Crippen molar-refractivity contribution in [2.45, 2.75) is 46.8 Å². The van der Waals surface area contributed by atoms with Gasteiger partial charge < -0.3 is 14.6 Å². The number of hydrogen-bond donors (Lipinski definition) is 1. The first kappa shape index (κ1) is 22.2. The van der Waals surface area contributed by atoms with Gasteiger partial charge in [0.25, 0.3) is 11.8 Å². The van der Waals surface area contributed by atoms with Gasteiger partial charge in [0.05, 0.1) is 0 Å². The van der Waals surface area contributed by atoms with Gasteiger partial charge in [-0.15, -0.1) is 0 Å². The van der Waals surface area contributed by atoms with Crippen molar-refractivity contribution in [1.82, 2.24) is 15.5 Å². The fourth-order valence-corrected chi connectivity index (χ4v) is 3.09. The predicted octanol–water partition coefficient (Wildman–Crippen LogP) is 4.11. The van der Waals surface area contributed by atoms with E-state index in [-0.39, 0.29) is 24.3 Å². The number of ether oxygens (including phenoxy) is 1. The lowest BCUT2D eigenvalue weighted by Gasteiger charge is -2.21. The number of aromatic nitrogens is 2. The van der Waals surface area contributed by atoms with Crippen molar-refractivity contribution in [1.29, 1.82) is 0 Å². The molecule has 162 valence electrons. The zero-order chi connectivity index (χ0) is 22.4. The molecule has 0 radical (unpaired) electrons. The lowest BCUT2D eigenvalue weighted by atomic mass is 10.0. The second kappa shape index (κ2) is 10.0. The van der Waals surface area contributed by atoms with Crippen molar-refractivity contribution in [2.75, 3.05) is 0 Å². The van der Waals surface area contributed by atoms with Crippen LogP contribution in [0, 0.1) is 12.8 Å². The number of amides is 1. The molecule has 0 saturated heterocycles. The van der Waals surface area contributed by atoms with Crippen molar-refractivity contribution in [3.05, 3.63) is 71.1 Å². The average molecular weight is 421 g/mol. The van der Waals surface area contributed by atoms with Crippen LogP contribution in [-0.4, -0.2) is 28.1 Å². The Morgan fingerprint density at radius 2 is 1.81 bits per heavy atom. The average Bonchev–Trinajstić information content (AvgIpc) is 3.25. The van der Waals surface area contributed by atoms with E-state index in [1.54, 1.807) is 12.1 Å². The molecule has 31 heavy (non-hydrogen) atoms. The molecular formula is C24H27N3O4. The zero-order valence-electron chi connectivity index (χ0n) is 18.2. The third-order valence-corrected chi connectivity index (χ3v) is 5.02. The van der Waals surface area contributed by atoms with E-state index in [0.717, 1.165) is 17.5 Å². The minimum absolute atomic E-state index is 0.157. The molecule has 3 rings (SSSR count). The largest absolute Gasteiger partial charge is 0.454 e. The highest BCUT2D eigenvalue weighted by atomic mass is 16.6. The van der Waals surface area contributed by atoms with Gasteiger partial charge in [-0.05, 0) is 36.5 Å². The lowest BCUT2D eigenvalue weighted by molar-refractivity contribution is -0.149. The first-order valence-corrected chi connectivity index (χ1v) is 10.3. The standard InChI is InChI=1S/C24H27N3O4/c1-5-17-10-12-18(13-11-17)22-25-20(31-27-22)14-30-24(29)21(15(2)3)26-23(28)19-9-7-6-8-16(19)4/h6-13,15,21H,5,14H2,1-4H3,(H,26,28)/t21-/m0/s1. The number of esters is 1. The normalized spacial score (nSPS) is 11.9. The number of nitrogens with zero attached hydrogens (tertiary/aromatic N) is 2. The molecule has 1 heterocycles. The summed E-state index contributed by atoms with van der Waals surface area (Å²) in [7, 11) is 0. The van der Waals surface area contributed by atoms with Crippen LogP contribution in [-0.2, 0) is 22.6 Å². The Hall–Kier alpha value is -3.48. The Bertz CT molecular complexity index is 1040. The fourth-order valence-electron chi connectivity index (χ4n) is 3.09. The Morgan fingerprint density at radius 1 is 1.10 bits per heavy atom. The molecule has 0 fully saturated rings. The first-order valence-electron chi connectivity index (χ1n) is 10.3. The van der Waals surface area contributed by atoms with Gasteiger partial charge >= 0.3 is 5.97 Å². The third kappa shape index (κ3) is 5.57. The van der Waals surface area contributed by atoms with E-state index >= 15 is 0 Å². The molecule has 0 unspecified atom stereocenters. The monoisotopic (exact) mass is 421 g/mol.